The fourth-order valence-electron chi connectivity index (χ4n) is 5.80. The summed E-state index contributed by atoms with van der Waals surface area (Å²) >= 11 is 0. The van der Waals surface area contributed by atoms with Crippen molar-refractivity contribution in [1.29, 1.82) is 0 Å². The number of hydrogen-bond donors (Lipinski definition) is 0. The predicted octanol–water partition coefficient (Wildman–Crippen LogP) is 6.89. The lowest BCUT2D eigenvalue weighted by atomic mass is 9.78. The quantitative estimate of drug-likeness (QED) is 0.495. The number of rotatable bonds is 6. The van der Waals surface area contributed by atoms with E-state index in [4.69, 9.17) is 14.2 Å². The van der Waals surface area contributed by atoms with E-state index in [1.54, 1.807) is 0 Å². The molecular formula is C29H38O3. The largest absolute Gasteiger partial charge is 0.378 e. The zero-order chi connectivity index (χ0) is 21.8. The Morgan fingerprint density at radius 1 is 0.781 bits per heavy atom. The van der Waals surface area contributed by atoms with Gasteiger partial charge >= 0.3 is 0 Å². The molecule has 0 bridgehead atoms. The molecule has 2 aromatic rings. The van der Waals surface area contributed by atoms with Crippen LogP contribution >= 0.6 is 0 Å². The van der Waals surface area contributed by atoms with Gasteiger partial charge in [-0.2, -0.15) is 0 Å². The Labute approximate surface area is 193 Å². The summed E-state index contributed by atoms with van der Waals surface area (Å²) in [4.78, 5) is 0. The van der Waals surface area contributed by atoms with Crippen molar-refractivity contribution in [3.05, 3.63) is 59.7 Å². The minimum absolute atomic E-state index is 0.271. The molecule has 32 heavy (non-hydrogen) atoms. The van der Waals surface area contributed by atoms with Gasteiger partial charge in [-0.05, 0) is 79.0 Å². The Morgan fingerprint density at radius 3 is 1.97 bits per heavy atom. The Kier molecular flexibility index (Phi) is 6.96. The van der Waals surface area contributed by atoms with Crippen molar-refractivity contribution >= 4 is 0 Å². The van der Waals surface area contributed by atoms with E-state index < -0.39 is 0 Å². The summed E-state index contributed by atoms with van der Waals surface area (Å²) in [5.74, 6) is 1.15. The van der Waals surface area contributed by atoms with E-state index in [1.807, 2.05) is 0 Å². The fourth-order valence-corrected chi connectivity index (χ4v) is 5.80. The highest BCUT2D eigenvalue weighted by Gasteiger charge is 2.40. The smallest absolute Gasteiger partial charge is 0.168 e. The highest BCUT2D eigenvalue weighted by molar-refractivity contribution is 5.64. The minimum Gasteiger partial charge on any atom is -0.378 e. The maximum atomic E-state index is 6.34. The van der Waals surface area contributed by atoms with E-state index in [2.05, 4.69) is 55.5 Å². The molecule has 3 nitrogen and oxygen atoms in total. The molecule has 1 saturated heterocycles. The summed E-state index contributed by atoms with van der Waals surface area (Å²) < 4.78 is 18.0. The molecule has 0 atom stereocenters. The zero-order valence-corrected chi connectivity index (χ0v) is 19.6. The monoisotopic (exact) mass is 434 g/mol. The van der Waals surface area contributed by atoms with E-state index in [-0.39, 0.29) is 5.79 Å². The van der Waals surface area contributed by atoms with Crippen molar-refractivity contribution in [2.24, 2.45) is 5.92 Å². The molecule has 2 saturated carbocycles. The highest BCUT2D eigenvalue weighted by Crippen LogP contribution is 2.39. The lowest BCUT2D eigenvalue weighted by molar-refractivity contribution is -0.192. The SMILES string of the molecule is CCc1ccc(-c2ccc(C3CCC(COC4CCC5(CC4)OCCO5)CC3)cc2)cc1. The first-order valence-electron chi connectivity index (χ1n) is 12.8. The van der Waals surface area contributed by atoms with Crippen LogP contribution in [0.15, 0.2) is 48.5 Å². The van der Waals surface area contributed by atoms with Gasteiger partial charge in [0.2, 0.25) is 0 Å². The van der Waals surface area contributed by atoms with Gasteiger partial charge in [0.25, 0.3) is 0 Å². The molecule has 2 aromatic carbocycles. The van der Waals surface area contributed by atoms with Crippen molar-refractivity contribution in [1.82, 2.24) is 0 Å². The molecule has 0 amide bonds. The molecule has 3 heteroatoms. The van der Waals surface area contributed by atoms with Gasteiger partial charge in [-0.25, -0.2) is 0 Å². The van der Waals surface area contributed by atoms with Gasteiger partial charge in [-0.15, -0.1) is 0 Å². The van der Waals surface area contributed by atoms with Gasteiger partial charge < -0.3 is 14.2 Å². The summed E-state index contributed by atoms with van der Waals surface area (Å²) in [6, 6.07) is 18.3. The molecule has 0 radical (unpaired) electrons. The van der Waals surface area contributed by atoms with Gasteiger partial charge in [-0.1, -0.05) is 55.5 Å². The Morgan fingerprint density at radius 2 is 1.38 bits per heavy atom. The number of benzene rings is 2. The van der Waals surface area contributed by atoms with Crippen LogP contribution in [0.5, 0.6) is 0 Å². The molecule has 1 aliphatic heterocycles. The molecule has 0 N–H and O–H groups in total. The molecule has 3 fully saturated rings. The van der Waals surface area contributed by atoms with E-state index >= 15 is 0 Å². The van der Waals surface area contributed by atoms with E-state index in [0.29, 0.717) is 12.0 Å². The highest BCUT2D eigenvalue weighted by atomic mass is 16.7. The number of aryl methyl sites for hydroxylation is 1. The van der Waals surface area contributed by atoms with Gasteiger partial charge in [0.15, 0.2) is 5.79 Å². The fraction of sp³-hybridized carbons (Fsp3) is 0.586. The van der Waals surface area contributed by atoms with Crippen molar-refractivity contribution in [2.75, 3.05) is 19.8 Å². The van der Waals surface area contributed by atoms with Crippen LogP contribution in [-0.4, -0.2) is 31.7 Å². The van der Waals surface area contributed by atoms with E-state index in [1.165, 1.54) is 47.9 Å². The predicted molar refractivity (Wildman–Crippen MR) is 129 cm³/mol. The first-order valence-corrected chi connectivity index (χ1v) is 12.8. The summed E-state index contributed by atoms with van der Waals surface area (Å²) in [6.45, 7) is 4.64. The van der Waals surface area contributed by atoms with Crippen LogP contribution in [0.2, 0.25) is 0 Å². The molecule has 1 heterocycles. The molecule has 3 aliphatic rings. The lowest BCUT2D eigenvalue weighted by Gasteiger charge is -2.36. The zero-order valence-electron chi connectivity index (χ0n) is 19.6. The van der Waals surface area contributed by atoms with Crippen LogP contribution in [0.1, 0.15) is 75.3 Å². The third-order valence-electron chi connectivity index (χ3n) is 8.00. The van der Waals surface area contributed by atoms with Crippen molar-refractivity contribution < 1.29 is 14.2 Å². The molecule has 0 unspecified atom stereocenters. The molecule has 5 rings (SSSR count). The standard InChI is InChI=1S/C29H38O3/c1-2-22-3-7-24(8-4-22)26-11-13-27(14-12-26)25-9-5-23(6-10-25)21-30-28-15-17-29(18-16-28)31-19-20-32-29/h3-4,7-8,11-14,23,25,28H,2,5-6,9-10,15-21H2,1H3. The second kappa shape index (κ2) is 10.1. The van der Waals surface area contributed by atoms with Crippen LogP contribution in [0.25, 0.3) is 11.1 Å². The molecule has 0 aromatic heterocycles. The van der Waals surface area contributed by atoms with Crippen molar-refractivity contribution in [3.8, 4) is 11.1 Å². The first-order chi connectivity index (χ1) is 15.7. The second-order valence-corrected chi connectivity index (χ2v) is 10.0. The summed E-state index contributed by atoms with van der Waals surface area (Å²) in [5, 5.41) is 0. The van der Waals surface area contributed by atoms with Crippen LogP contribution < -0.4 is 0 Å². The van der Waals surface area contributed by atoms with Crippen LogP contribution in [0.4, 0.5) is 0 Å². The normalized spacial score (nSPS) is 25.9. The lowest BCUT2D eigenvalue weighted by Crippen LogP contribution is -2.38. The summed E-state index contributed by atoms with van der Waals surface area (Å²) in [5.41, 5.74) is 5.54. The van der Waals surface area contributed by atoms with Gasteiger partial charge in [0, 0.05) is 19.4 Å². The molecule has 172 valence electrons. The molecule has 2 aliphatic carbocycles. The van der Waals surface area contributed by atoms with E-state index in [9.17, 15) is 0 Å². The van der Waals surface area contributed by atoms with Crippen LogP contribution in [-0.2, 0) is 20.6 Å². The Balaban J connectivity index is 1.06. The Bertz CT molecular complexity index is 833. The second-order valence-electron chi connectivity index (χ2n) is 10.0. The third kappa shape index (κ3) is 5.11. The van der Waals surface area contributed by atoms with E-state index in [0.717, 1.165) is 57.8 Å². The van der Waals surface area contributed by atoms with Crippen LogP contribution in [0.3, 0.4) is 0 Å². The first kappa shape index (κ1) is 22.1. The molecular weight excluding hydrogens is 396 g/mol. The maximum absolute atomic E-state index is 6.34. The topological polar surface area (TPSA) is 27.7 Å². The van der Waals surface area contributed by atoms with Crippen molar-refractivity contribution in [2.45, 2.75) is 82.5 Å². The average molecular weight is 435 g/mol. The minimum atomic E-state index is -0.271. The summed E-state index contributed by atoms with van der Waals surface area (Å²) in [7, 11) is 0. The summed E-state index contributed by atoms with van der Waals surface area (Å²) in [6.07, 6.45) is 10.8. The van der Waals surface area contributed by atoms with Crippen molar-refractivity contribution in [3.63, 3.8) is 0 Å². The van der Waals surface area contributed by atoms with Gasteiger partial charge in [-0.3, -0.25) is 0 Å². The maximum Gasteiger partial charge on any atom is 0.168 e. The third-order valence-corrected chi connectivity index (χ3v) is 8.00. The Hall–Kier alpha value is -1.68. The van der Waals surface area contributed by atoms with Gasteiger partial charge in [0.05, 0.1) is 19.3 Å². The molecule has 1 spiro atoms. The average Bonchev–Trinajstić information content (AvgIpc) is 3.32. The van der Waals surface area contributed by atoms with Gasteiger partial charge in [0.1, 0.15) is 0 Å². The number of hydrogen-bond acceptors (Lipinski definition) is 3. The van der Waals surface area contributed by atoms with Crippen LogP contribution in [0, 0.1) is 5.92 Å². The number of ether oxygens (including phenoxy) is 3.